The number of anilines is 3. The van der Waals surface area contributed by atoms with Crippen molar-refractivity contribution in [2.45, 2.75) is 0 Å². The minimum absolute atomic E-state index is 0.883. The summed E-state index contributed by atoms with van der Waals surface area (Å²) in [7, 11) is 0. The summed E-state index contributed by atoms with van der Waals surface area (Å²) in [5.41, 5.74) is 12.1. The maximum atomic E-state index is 6.68. The lowest BCUT2D eigenvalue weighted by molar-refractivity contribution is 0.673. The Bertz CT molecular complexity index is 2790. The van der Waals surface area contributed by atoms with Crippen LogP contribution in [-0.2, 0) is 0 Å². The van der Waals surface area contributed by atoms with Crippen LogP contribution in [0.1, 0.15) is 0 Å². The summed E-state index contributed by atoms with van der Waals surface area (Å²) in [6.45, 7) is 0. The van der Waals surface area contributed by atoms with Crippen molar-refractivity contribution >= 4 is 60.5 Å². The van der Waals surface area contributed by atoms with Gasteiger partial charge in [0.05, 0.1) is 5.69 Å². The molecule has 10 aromatic rings. The molecule has 0 saturated heterocycles. The first-order valence-corrected chi connectivity index (χ1v) is 17.8. The maximum absolute atomic E-state index is 6.68. The van der Waals surface area contributed by atoms with Gasteiger partial charge < -0.3 is 9.32 Å². The summed E-state index contributed by atoms with van der Waals surface area (Å²) in [5, 5.41) is 6.91. The molecule has 244 valence electrons. The average Bonchev–Trinajstić information content (AvgIpc) is 3.62. The molecule has 1 heterocycles. The zero-order valence-corrected chi connectivity index (χ0v) is 28.4. The summed E-state index contributed by atoms with van der Waals surface area (Å²) < 4.78 is 6.68. The van der Waals surface area contributed by atoms with Crippen LogP contribution in [0.25, 0.3) is 76.9 Å². The van der Waals surface area contributed by atoms with Crippen molar-refractivity contribution < 1.29 is 4.42 Å². The fourth-order valence-electron chi connectivity index (χ4n) is 7.70. The van der Waals surface area contributed by atoms with Crippen LogP contribution in [-0.4, -0.2) is 0 Å². The van der Waals surface area contributed by atoms with E-state index in [1.165, 1.54) is 38.4 Å². The van der Waals surface area contributed by atoms with Gasteiger partial charge in [-0.15, -0.1) is 0 Å². The zero-order chi connectivity index (χ0) is 34.4. The molecule has 0 bridgehead atoms. The molecule has 1 aromatic heterocycles. The highest BCUT2D eigenvalue weighted by molar-refractivity contribution is 6.20. The predicted octanol–water partition coefficient (Wildman–Crippen LogP) is 14.4. The summed E-state index contributed by atoms with van der Waals surface area (Å²) in [6, 6.07) is 71.7. The molecule has 0 N–H and O–H groups in total. The van der Waals surface area contributed by atoms with Crippen molar-refractivity contribution in [2.75, 3.05) is 4.90 Å². The smallest absolute Gasteiger partial charge is 0.143 e. The Morgan fingerprint density at radius 1 is 0.346 bits per heavy atom. The van der Waals surface area contributed by atoms with Crippen LogP contribution in [0.4, 0.5) is 17.1 Å². The molecule has 0 saturated carbocycles. The van der Waals surface area contributed by atoms with E-state index in [4.69, 9.17) is 4.42 Å². The fourth-order valence-corrected chi connectivity index (χ4v) is 7.70. The second-order valence-corrected chi connectivity index (χ2v) is 13.3. The molecule has 0 radical (unpaired) electrons. The Morgan fingerprint density at radius 3 is 1.52 bits per heavy atom. The SMILES string of the molecule is c1ccc(-c2ccc(N(c3ccc(-c4ccccc4)cc3)c3cc4ccccc4cc3-c3cccc4oc5c6ccccc6ccc5c34)cc2)cc1. The van der Waals surface area contributed by atoms with Gasteiger partial charge in [-0.05, 0) is 92.5 Å². The van der Waals surface area contributed by atoms with Gasteiger partial charge in [-0.3, -0.25) is 0 Å². The largest absolute Gasteiger partial charge is 0.455 e. The van der Waals surface area contributed by atoms with Gasteiger partial charge in [-0.25, -0.2) is 0 Å². The third-order valence-corrected chi connectivity index (χ3v) is 10.2. The zero-order valence-electron chi connectivity index (χ0n) is 28.4. The first-order chi connectivity index (χ1) is 25.8. The molecule has 0 amide bonds. The van der Waals surface area contributed by atoms with Gasteiger partial charge in [-0.2, -0.15) is 0 Å². The Kier molecular flexibility index (Phi) is 7.18. The molecule has 0 spiro atoms. The van der Waals surface area contributed by atoms with Gasteiger partial charge in [0.1, 0.15) is 11.2 Å². The number of benzene rings is 9. The Morgan fingerprint density at radius 2 is 0.885 bits per heavy atom. The van der Waals surface area contributed by atoms with E-state index >= 15 is 0 Å². The van der Waals surface area contributed by atoms with E-state index in [0.29, 0.717) is 0 Å². The predicted molar refractivity (Wildman–Crippen MR) is 220 cm³/mol. The molecule has 52 heavy (non-hydrogen) atoms. The highest BCUT2D eigenvalue weighted by Gasteiger charge is 2.22. The van der Waals surface area contributed by atoms with Crippen molar-refractivity contribution in [1.29, 1.82) is 0 Å². The topological polar surface area (TPSA) is 16.4 Å². The first-order valence-electron chi connectivity index (χ1n) is 17.8. The van der Waals surface area contributed by atoms with Crippen LogP contribution in [0, 0.1) is 0 Å². The van der Waals surface area contributed by atoms with Crippen molar-refractivity contribution in [3.63, 3.8) is 0 Å². The molecule has 0 unspecified atom stereocenters. The van der Waals surface area contributed by atoms with Crippen LogP contribution >= 0.6 is 0 Å². The molecular weight excluding hydrogens is 631 g/mol. The number of fused-ring (bicyclic) bond motifs is 6. The molecular formula is C50H33NO. The van der Waals surface area contributed by atoms with E-state index < -0.39 is 0 Å². The average molecular weight is 664 g/mol. The molecule has 0 atom stereocenters. The quantitative estimate of drug-likeness (QED) is 0.176. The number of furan rings is 1. The summed E-state index contributed by atoms with van der Waals surface area (Å²) in [5.74, 6) is 0. The van der Waals surface area contributed by atoms with E-state index in [1.807, 2.05) is 0 Å². The third-order valence-electron chi connectivity index (χ3n) is 10.2. The number of hydrogen-bond acceptors (Lipinski definition) is 2. The van der Waals surface area contributed by atoms with Crippen molar-refractivity contribution in [3.8, 4) is 33.4 Å². The summed E-state index contributed by atoms with van der Waals surface area (Å²) in [4.78, 5) is 2.40. The Balaban J connectivity index is 1.23. The highest BCUT2D eigenvalue weighted by Crippen LogP contribution is 2.47. The third kappa shape index (κ3) is 5.12. The van der Waals surface area contributed by atoms with Gasteiger partial charge in [0.2, 0.25) is 0 Å². The lowest BCUT2D eigenvalue weighted by Gasteiger charge is -2.29. The number of hydrogen-bond donors (Lipinski definition) is 0. The second kappa shape index (κ2) is 12.5. The van der Waals surface area contributed by atoms with Gasteiger partial charge in [-0.1, -0.05) is 152 Å². The molecule has 0 fully saturated rings. The Hall–Kier alpha value is -6.90. The molecule has 2 heteroatoms. The van der Waals surface area contributed by atoms with Gasteiger partial charge in [0.25, 0.3) is 0 Å². The van der Waals surface area contributed by atoms with E-state index in [1.54, 1.807) is 0 Å². The van der Waals surface area contributed by atoms with Gasteiger partial charge in [0, 0.05) is 33.1 Å². The lowest BCUT2D eigenvalue weighted by Crippen LogP contribution is -2.11. The highest BCUT2D eigenvalue weighted by atomic mass is 16.3. The fraction of sp³-hybridized carbons (Fsp3) is 0. The van der Waals surface area contributed by atoms with Crippen LogP contribution in [0.3, 0.4) is 0 Å². The maximum Gasteiger partial charge on any atom is 0.143 e. The molecule has 10 rings (SSSR count). The van der Waals surface area contributed by atoms with Crippen molar-refractivity contribution in [3.05, 3.63) is 200 Å². The molecule has 0 aliphatic heterocycles. The number of rotatable bonds is 6. The standard InChI is InChI=1S/C50H33NO/c1-3-12-34(13-4-1)36-22-27-41(28-23-36)51(42-29-24-37(25-30-42)35-14-5-2-6-15-35)47-33-40-18-8-7-17-39(40)32-46(47)44-20-11-21-48-49(44)45-31-26-38-16-9-10-19-43(38)50(45)52-48/h1-33H. The molecule has 9 aromatic carbocycles. The molecule has 2 nitrogen and oxygen atoms in total. The minimum atomic E-state index is 0.883. The van der Waals surface area contributed by atoms with Crippen LogP contribution < -0.4 is 4.90 Å². The van der Waals surface area contributed by atoms with Crippen LogP contribution in [0.2, 0.25) is 0 Å². The normalized spacial score (nSPS) is 11.5. The van der Waals surface area contributed by atoms with E-state index in [9.17, 15) is 0 Å². The molecule has 0 aliphatic rings. The minimum Gasteiger partial charge on any atom is -0.455 e. The van der Waals surface area contributed by atoms with E-state index in [0.717, 1.165) is 55.5 Å². The second-order valence-electron chi connectivity index (χ2n) is 13.3. The van der Waals surface area contributed by atoms with E-state index in [-0.39, 0.29) is 0 Å². The first kappa shape index (κ1) is 30.0. The van der Waals surface area contributed by atoms with Crippen LogP contribution in [0.15, 0.2) is 205 Å². The molecule has 0 aliphatic carbocycles. The summed E-state index contributed by atoms with van der Waals surface area (Å²) >= 11 is 0. The van der Waals surface area contributed by atoms with Gasteiger partial charge in [0.15, 0.2) is 0 Å². The number of nitrogens with zero attached hydrogens (tertiary/aromatic N) is 1. The lowest BCUT2D eigenvalue weighted by atomic mass is 9.93. The summed E-state index contributed by atoms with van der Waals surface area (Å²) in [6.07, 6.45) is 0. The van der Waals surface area contributed by atoms with Crippen LogP contribution in [0.5, 0.6) is 0 Å². The van der Waals surface area contributed by atoms with E-state index in [2.05, 4.69) is 205 Å². The van der Waals surface area contributed by atoms with Gasteiger partial charge >= 0.3 is 0 Å². The van der Waals surface area contributed by atoms with Crippen molar-refractivity contribution in [1.82, 2.24) is 0 Å². The Labute approximate surface area is 302 Å². The monoisotopic (exact) mass is 663 g/mol. The van der Waals surface area contributed by atoms with Crippen molar-refractivity contribution in [2.24, 2.45) is 0 Å².